The fraction of sp³-hybridized carbons (Fsp3) is 0. The van der Waals surface area contributed by atoms with Crippen molar-refractivity contribution in [3.05, 3.63) is 90.6 Å². The normalized spacial score (nSPS) is 11.4. The van der Waals surface area contributed by atoms with Crippen LogP contribution in [0.2, 0.25) is 0 Å². The lowest BCUT2D eigenvalue weighted by Crippen LogP contribution is -2.00. The summed E-state index contributed by atoms with van der Waals surface area (Å²) in [5.74, 6) is 0.626. The molecule has 2 N–H and O–H groups in total. The number of para-hydroxylation sites is 3. The van der Waals surface area contributed by atoms with Gasteiger partial charge in [-0.15, -0.1) is 0 Å². The second-order valence-corrected chi connectivity index (χ2v) is 6.44. The molecule has 2 aromatic heterocycles. The number of aromatic nitrogens is 3. The minimum Gasteiger partial charge on any atom is -0.361 e. The molecule has 0 spiro atoms. The zero-order chi connectivity index (χ0) is 18.8. The number of nitrogens with one attached hydrogen (secondary N) is 2. The maximum Gasteiger partial charge on any atom is 0.173 e. The topological polar surface area (TPSA) is 66.0 Å². The van der Waals surface area contributed by atoms with Gasteiger partial charge in [0.1, 0.15) is 5.69 Å². The van der Waals surface area contributed by atoms with Gasteiger partial charge in [0.2, 0.25) is 0 Å². The van der Waals surface area contributed by atoms with Crippen molar-refractivity contribution in [3.63, 3.8) is 0 Å². The Morgan fingerprint density at radius 2 is 1.50 bits per heavy atom. The molecule has 28 heavy (non-hydrogen) atoms. The molecule has 0 saturated carbocycles. The Kier molecular flexibility index (Phi) is 4.03. The van der Waals surface area contributed by atoms with Gasteiger partial charge in [0.15, 0.2) is 5.82 Å². The van der Waals surface area contributed by atoms with Crippen molar-refractivity contribution in [1.29, 1.82) is 0 Å². The summed E-state index contributed by atoms with van der Waals surface area (Å²) in [5, 5.41) is 5.56. The van der Waals surface area contributed by atoms with Gasteiger partial charge in [-0.25, -0.2) is 9.97 Å². The highest BCUT2D eigenvalue weighted by Crippen LogP contribution is 2.27. The largest absolute Gasteiger partial charge is 0.361 e. The molecule has 0 aliphatic heterocycles. The van der Waals surface area contributed by atoms with E-state index in [-0.39, 0.29) is 0 Å². The highest BCUT2D eigenvalue weighted by atomic mass is 15.3. The van der Waals surface area contributed by atoms with Gasteiger partial charge in [-0.05, 0) is 18.2 Å². The standard InChI is InChI=1S/C23H17N5/c1-2-8-16(9-3-1)22-23(27-21-13-7-6-12-20(21)26-22)28-25-15-17-14-24-19-11-5-4-10-18(17)19/h1-15,24H,(H,27,28). The lowest BCUT2D eigenvalue weighted by atomic mass is 10.1. The minimum absolute atomic E-state index is 0.626. The molecule has 0 radical (unpaired) electrons. The first-order chi connectivity index (χ1) is 13.9. The van der Waals surface area contributed by atoms with Crippen molar-refractivity contribution in [3.8, 4) is 11.3 Å². The molecule has 0 amide bonds. The molecule has 0 atom stereocenters. The number of fused-ring (bicyclic) bond motifs is 2. The van der Waals surface area contributed by atoms with E-state index in [0.717, 1.165) is 38.8 Å². The third kappa shape index (κ3) is 2.99. The van der Waals surface area contributed by atoms with E-state index in [1.165, 1.54) is 0 Å². The Balaban J connectivity index is 1.54. The average Bonchev–Trinajstić information content (AvgIpc) is 3.17. The minimum atomic E-state index is 0.626. The van der Waals surface area contributed by atoms with Crippen LogP contribution in [0.4, 0.5) is 5.82 Å². The van der Waals surface area contributed by atoms with Gasteiger partial charge in [-0.2, -0.15) is 5.10 Å². The number of rotatable bonds is 4. The molecule has 3 aromatic carbocycles. The summed E-state index contributed by atoms with van der Waals surface area (Å²) in [4.78, 5) is 12.8. The van der Waals surface area contributed by atoms with Crippen LogP contribution in [0.1, 0.15) is 5.56 Å². The van der Waals surface area contributed by atoms with Gasteiger partial charge in [0.05, 0.1) is 17.2 Å². The van der Waals surface area contributed by atoms with Crippen LogP contribution >= 0.6 is 0 Å². The van der Waals surface area contributed by atoms with Crippen LogP contribution in [-0.4, -0.2) is 21.2 Å². The summed E-state index contributed by atoms with van der Waals surface area (Å²) >= 11 is 0. The highest BCUT2D eigenvalue weighted by Gasteiger charge is 2.10. The van der Waals surface area contributed by atoms with Crippen LogP contribution in [0.15, 0.2) is 90.2 Å². The molecule has 0 fully saturated rings. The van der Waals surface area contributed by atoms with E-state index in [9.17, 15) is 0 Å². The zero-order valence-corrected chi connectivity index (χ0v) is 15.0. The fourth-order valence-corrected chi connectivity index (χ4v) is 3.24. The van der Waals surface area contributed by atoms with Crippen molar-refractivity contribution in [2.75, 3.05) is 5.43 Å². The van der Waals surface area contributed by atoms with Gasteiger partial charge >= 0.3 is 0 Å². The summed E-state index contributed by atoms with van der Waals surface area (Å²) in [6, 6.07) is 26.0. The molecule has 0 aliphatic carbocycles. The number of hydrazone groups is 1. The van der Waals surface area contributed by atoms with E-state index in [2.05, 4.69) is 21.6 Å². The lowest BCUT2D eigenvalue weighted by molar-refractivity contribution is 1.22. The van der Waals surface area contributed by atoms with Crippen molar-refractivity contribution in [1.82, 2.24) is 15.0 Å². The first-order valence-corrected chi connectivity index (χ1v) is 9.06. The molecule has 5 rings (SSSR count). The van der Waals surface area contributed by atoms with Crippen LogP contribution < -0.4 is 5.43 Å². The number of hydrogen-bond acceptors (Lipinski definition) is 4. The van der Waals surface area contributed by atoms with E-state index in [1.54, 1.807) is 6.21 Å². The number of hydrogen-bond donors (Lipinski definition) is 2. The molecule has 5 aromatic rings. The second-order valence-electron chi connectivity index (χ2n) is 6.44. The van der Waals surface area contributed by atoms with Crippen molar-refractivity contribution in [2.45, 2.75) is 0 Å². The van der Waals surface area contributed by atoms with Crippen LogP contribution in [0.5, 0.6) is 0 Å². The predicted octanol–water partition coefficient (Wildman–Crippen LogP) is 5.22. The SMILES string of the molecule is C(=NNc1nc2ccccc2nc1-c1ccccc1)c1c[nH]c2ccccc12. The summed E-state index contributed by atoms with van der Waals surface area (Å²) in [6.07, 6.45) is 3.74. The summed E-state index contributed by atoms with van der Waals surface area (Å²) < 4.78 is 0. The highest BCUT2D eigenvalue weighted by molar-refractivity contribution is 5.99. The second kappa shape index (κ2) is 6.96. The first-order valence-electron chi connectivity index (χ1n) is 9.06. The van der Waals surface area contributed by atoms with Crippen LogP contribution in [0.3, 0.4) is 0 Å². The zero-order valence-electron chi connectivity index (χ0n) is 15.0. The molecule has 5 heteroatoms. The Bertz CT molecular complexity index is 1290. The summed E-state index contributed by atoms with van der Waals surface area (Å²) in [5.41, 5.74) is 8.63. The summed E-state index contributed by atoms with van der Waals surface area (Å²) in [6.45, 7) is 0. The Morgan fingerprint density at radius 3 is 2.36 bits per heavy atom. The molecule has 2 heterocycles. The van der Waals surface area contributed by atoms with Crippen molar-refractivity contribution < 1.29 is 0 Å². The van der Waals surface area contributed by atoms with Gasteiger partial charge in [-0.1, -0.05) is 60.7 Å². The van der Waals surface area contributed by atoms with Crippen molar-refractivity contribution >= 4 is 34.0 Å². The lowest BCUT2D eigenvalue weighted by Gasteiger charge is -2.09. The maximum atomic E-state index is 4.81. The number of aromatic amines is 1. The quantitative estimate of drug-likeness (QED) is 0.340. The smallest absolute Gasteiger partial charge is 0.173 e. The van der Waals surface area contributed by atoms with Gasteiger partial charge in [0.25, 0.3) is 0 Å². The number of anilines is 1. The van der Waals surface area contributed by atoms with Gasteiger partial charge < -0.3 is 4.98 Å². The van der Waals surface area contributed by atoms with Crippen LogP contribution in [0, 0.1) is 0 Å². The molecule has 0 bridgehead atoms. The van der Waals surface area contributed by atoms with Crippen LogP contribution in [0.25, 0.3) is 33.2 Å². The monoisotopic (exact) mass is 363 g/mol. The fourth-order valence-electron chi connectivity index (χ4n) is 3.24. The van der Waals surface area contributed by atoms with Gasteiger partial charge in [0, 0.05) is 28.2 Å². The molecule has 0 unspecified atom stereocenters. The average molecular weight is 363 g/mol. The number of H-pyrrole nitrogens is 1. The van der Waals surface area contributed by atoms with E-state index in [0.29, 0.717) is 5.82 Å². The van der Waals surface area contributed by atoms with E-state index < -0.39 is 0 Å². The molecule has 0 aliphatic rings. The van der Waals surface area contributed by atoms with E-state index in [1.807, 2.05) is 79.0 Å². The molecular formula is C23H17N5. The molecule has 5 nitrogen and oxygen atoms in total. The van der Waals surface area contributed by atoms with Crippen LogP contribution in [-0.2, 0) is 0 Å². The van der Waals surface area contributed by atoms with E-state index >= 15 is 0 Å². The van der Waals surface area contributed by atoms with Gasteiger partial charge in [-0.3, -0.25) is 5.43 Å². The Labute approximate surface area is 161 Å². The number of nitrogens with zero attached hydrogens (tertiary/aromatic N) is 3. The van der Waals surface area contributed by atoms with E-state index in [4.69, 9.17) is 9.97 Å². The first kappa shape index (κ1) is 16.2. The number of benzene rings is 3. The predicted molar refractivity (Wildman–Crippen MR) is 114 cm³/mol. The molecule has 0 saturated heterocycles. The summed E-state index contributed by atoms with van der Waals surface area (Å²) in [7, 11) is 0. The van der Waals surface area contributed by atoms with Crippen molar-refractivity contribution in [2.24, 2.45) is 5.10 Å². The third-order valence-corrected chi connectivity index (χ3v) is 4.61. The molecular weight excluding hydrogens is 346 g/mol. The Hall–Kier alpha value is -3.99. The maximum absolute atomic E-state index is 4.81. The third-order valence-electron chi connectivity index (χ3n) is 4.61. The molecule has 134 valence electrons. The Morgan fingerprint density at radius 1 is 0.786 bits per heavy atom.